The largest absolute Gasteiger partial charge is 0.463 e. The molecule has 26 heavy (non-hydrogen) atoms. The van der Waals surface area contributed by atoms with Gasteiger partial charge in [0.15, 0.2) is 18.5 Å². The molecule has 1 N–H and O–H groups in total. The van der Waals surface area contributed by atoms with E-state index in [4.69, 9.17) is 30.5 Å². The van der Waals surface area contributed by atoms with Gasteiger partial charge in [-0.1, -0.05) is 11.6 Å². The van der Waals surface area contributed by atoms with Crippen LogP contribution in [0.25, 0.3) is 0 Å². The third-order valence-electron chi connectivity index (χ3n) is 3.35. The molecule has 1 amide bonds. The summed E-state index contributed by atoms with van der Waals surface area (Å²) >= 11 is 6.18. The summed E-state index contributed by atoms with van der Waals surface area (Å²) < 4.78 is 20.6. The fourth-order valence-corrected chi connectivity index (χ4v) is 2.78. The molecule has 11 heteroatoms. The Balaban J connectivity index is 3.34. The zero-order chi connectivity index (χ0) is 20.1. The van der Waals surface area contributed by atoms with Gasteiger partial charge in [0.2, 0.25) is 11.0 Å². The standard InChI is InChI=1S/C15H20ClNO9/c1-7(19)17-14-13(25-10(4)22)12(24-9(3)21)11(5-23-8(2)20)26-15(14,16)6-18/h6,11-14H,5H2,1-4H3,(H,17,19)/t11-,12-,13+,14+,15+/m1/s1. The average molecular weight is 394 g/mol. The van der Waals surface area contributed by atoms with Crippen LogP contribution in [0.5, 0.6) is 0 Å². The molecular formula is C15H20ClNO9. The van der Waals surface area contributed by atoms with E-state index in [1.54, 1.807) is 0 Å². The molecule has 0 radical (unpaired) electrons. The number of nitrogens with one attached hydrogen (secondary N) is 1. The van der Waals surface area contributed by atoms with E-state index in [0.29, 0.717) is 0 Å². The third-order valence-corrected chi connectivity index (χ3v) is 3.76. The fourth-order valence-electron chi connectivity index (χ4n) is 2.49. The summed E-state index contributed by atoms with van der Waals surface area (Å²) in [6, 6.07) is -1.36. The molecule has 0 aromatic carbocycles. The first kappa shape index (κ1) is 21.8. The van der Waals surface area contributed by atoms with Crippen LogP contribution >= 0.6 is 11.6 Å². The first-order valence-corrected chi connectivity index (χ1v) is 7.96. The van der Waals surface area contributed by atoms with Gasteiger partial charge in [0.05, 0.1) is 0 Å². The lowest BCUT2D eigenvalue weighted by Gasteiger charge is -2.47. The molecule has 1 saturated heterocycles. The Morgan fingerprint density at radius 3 is 2.00 bits per heavy atom. The molecule has 1 aliphatic rings. The second-order valence-electron chi connectivity index (χ2n) is 5.60. The van der Waals surface area contributed by atoms with E-state index in [1.165, 1.54) is 0 Å². The van der Waals surface area contributed by atoms with Gasteiger partial charge in [-0.25, -0.2) is 0 Å². The number of amides is 1. The minimum Gasteiger partial charge on any atom is -0.463 e. The van der Waals surface area contributed by atoms with Gasteiger partial charge in [0.1, 0.15) is 18.8 Å². The number of ether oxygens (including phenoxy) is 4. The monoisotopic (exact) mass is 393 g/mol. The second kappa shape index (κ2) is 8.95. The summed E-state index contributed by atoms with van der Waals surface area (Å²) in [6.45, 7) is 4.05. The minimum absolute atomic E-state index is 0.205. The molecule has 5 atom stereocenters. The Hall–Kier alpha value is -2.20. The molecule has 146 valence electrons. The van der Waals surface area contributed by atoms with E-state index in [2.05, 4.69) is 5.32 Å². The number of hydrogen-bond acceptors (Lipinski definition) is 9. The van der Waals surface area contributed by atoms with Crippen molar-refractivity contribution >= 4 is 41.7 Å². The number of alkyl halides is 1. The quantitative estimate of drug-likeness (QED) is 0.273. The number of esters is 3. The Kier molecular flexibility index (Phi) is 7.52. The van der Waals surface area contributed by atoms with Crippen molar-refractivity contribution in [3.8, 4) is 0 Å². The maximum Gasteiger partial charge on any atom is 0.303 e. The lowest BCUT2D eigenvalue weighted by atomic mass is 9.92. The van der Waals surface area contributed by atoms with Crippen molar-refractivity contribution in [2.24, 2.45) is 0 Å². The highest BCUT2D eigenvalue weighted by atomic mass is 35.5. The molecule has 0 aliphatic carbocycles. The minimum atomic E-state index is -2.15. The number of rotatable bonds is 6. The van der Waals surface area contributed by atoms with Crippen LogP contribution in [-0.2, 0) is 42.9 Å². The summed E-state index contributed by atoms with van der Waals surface area (Å²) in [5.74, 6) is -2.78. The molecular weight excluding hydrogens is 374 g/mol. The zero-order valence-electron chi connectivity index (χ0n) is 14.6. The van der Waals surface area contributed by atoms with Crippen molar-refractivity contribution in [1.82, 2.24) is 5.32 Å². The van der Waals surface area contributed by atoms with Gasteiger partial charge < -0.3 is 24.3 Å². The Morgan fingerprint density at radius 2 is 1.58 bits per heavy atom. The van der Waals surface area contributed by atoms with Crippen LogP contribution in [0.2, 0.25) is 0 Å². The molecule has 0 aromatic heterocycles. The van der Waals surface area contributed by atoms with E-state index in [0.717, 1.165) is 27.7 Å². The first-order valence-electron chi connectivity index (χ1n) is 7.58. The number of carbonyl (C=O) groups excluding carboxylic acids is 5. The molecule has 0 aromatic rings. The molecule has 1 aliphatic heterocycles. The Labute approximate surface area is 154 Å². The molecule has 0 saturated carbocycles. The first-order chi connectivity index (χ1) is 12.0. The SMILES string of the molecule is CC(=O)N[C@H]1[C@@H](OC(C)=O)[C@H](OC(C)=O)[C@@H](COC(C)=O)O[C@@]1(Cl)C=O. The van der Waals surface area contributed by atoms with Gasteiger partial charge >= 0.3 is 17.9 Å². The van der Waals surface area contributed by atoms with Crippen molar-refractivity contribution in [2.45, 2.75) is 57.1 Å². The lowest BCUT2D eigenvalue weighted by molar-refractivity contribution is -0.227. The summed E-state index contributed by atoms with van der Waals surface area (Å²) in [6.07, 6.45) is -3.67. The Bertz CT molecular complexity index is 596. The van der Waals surface area contributed by atoms with E-state index in [1.807, 2.05) is 0 Å². The van der Waals surface area contributed by atoms with Crippen LogP contribution in [0.15, 0.2) is 0 Å². The molecule has 0 unspecified atom stereocenters. The van der Waals surface area contributed by atoms with Crippen LogP contribution < -0.4 is 5.32 Å². The molecule has 0 spiro atoms. The maximum atomic E-state index is 11.6. The van der Waals surface area contributed by atoms with E-state index in [9.17, 15) is 24.0 Å². The van der Waals surface area contributed by atoms with Gasteiger partial charge in [-0.3, -0.25) is 24.0 Å². The van der Waals surface area contributed by atoms with Gasteiger partial charge in [-0.15, -0.1) is 0 Å². The van der Waals surface area contributed by atoms with E-state index in [-0.39, 0.29) is 6.29 Å². The third kappa shape index (κ3) is 5.67. The van der Waals surface area contributed by atoms with Gasteiger partial charge in [-0.05, 0) is 0 Å². The molecule has 1 rings (SSSR count). The highest BCUT2D eigenvalue weighted by Crippen LogP contribution is 2.35. The van der Waals surface area contributed by atoms with Crippen molar-refractivity contribution in [3.63, 3.8) is 0 Å². The van der Waals surface area contributed by atoms with Crippen LogP contribution in [0.3, 0.4) is 0 Å². The summed E-state index contributed by atoms with van der Waals surface area (Å²) in [5, 5.41) is 0.218. The summed E-state index contributed by atoms with van der Waals surface area (Å²) in [7, 11) is 0. The van der Waals surface area contributed by atoms with Gasteiger partial charge in [0, 0.05) is 27.7 Å². The zero-order valence-corrected chi connectivity index (χ0v) is 15.4. The van der Waals surface area contributed by atoms with E-state index < -0.39 is 59.8 Å². The summed E-state index contributed by atoms with van der Waals surface area (Å²) in [5.41, 5.74) is 0. The molecule has 10 nitrogen and oxygen atoms in total. The molecule has 1 heterocycles. The van der Waals surface area contributed by atoms with Crippen LogP contribution in [0.1, 0.15) is 27.7 Å². The molecule has 0 bridgehead atoms. The summed E-state index contributed by atoms with van der Waals surface area (Å²) in [4.78, 5) is 57.1. The van der Waals surface area contributed by atoms with Crippen molar-refractivity contribution in [1.29, 1.82) is 0 Å². The molecule has 1 fully saturated rings. The number of carbonyl (C=O) groups is 5. The normalized spacial score (nSPS) is 30.7. The highest BCUT2D eigenvalue weighted by molar-refractivity contribution is 6.31. The Morgan fingerprint density at radius 1 is 1.04 bits per heavy atom. The predicted octanol–water partition coefficient (Wildman–Crippen LogP) is -0.550. The van der Waals surface area contributed by atoms with Crippen LogP contribution in [0.4, 0.5) is 0 Å². The second-order valence-corrected chi connectivity index (χ2v) is 6.19. The van der Waals surface area contributed by atoms with Crippen LogP contribution in [0, 0.1) is 0 Å². The fraction of sp³-hybridized carbons (Fsp3) is 0.667. The van der Waals surface area contributed by atoms with Crippen molar-refractivity contribution < 1.29 is 42.9 Å². The number of halogens is 1. The predicted molar refractivity (Wildman–Crippen MR) is 84.9 cm³/mol. The van der Waals surface area contributed by atoms with Crippen molar-refractivity contribution in [3.05, 3.63) is 0 Å². The van der Waals surface area contributed by atoms with Crippen LogP contribution in [-0.4, -0.2) is 66.1 Å². The lowest BCUT2D eigenvalue weighted by Crippen LogP contribution is -2.70. The smallest absolute Gasteiger partial charge is 0.303 e. The number of hydrogen-bond donors (Lipinski definition) is 1. The topological polar surface area (TPSA) is 134 Å². The average Bonchev–Trinajstić information content (AvgIpc) is 2.50. The van der Waals surface area contributed by atoms with Gasteiger partial charge in [-0.2, -0.15) is 0 Å². The van der Waals surface area contributed by atoms with E-state index >= 15 is 0 Å². The van der Waals surface area contributed by atoms with Crippen molar-refractivity contribution in [2.75, 3.05) is 6.61 Å². The maximum absolute atomic E-state index is 11.6. The van der Waals surface area contributed by atoms with Gasteiger partial charge in [0.25, 0.3) is 0 Å². The highest BCUT2D eigenvalue weighted by Gasteiger charge is 2.58. The number of aldehydes is 1.